The second kappa shape index (κ2) is 7.97. The summed E-state index contributed by atoms with van der Waals surface area (Å²) >= 11 is 1.29. The second-order valence-corrected chi connectivity index (χ2v) is 6.36. The fourth-order valence-corrected chi connectivity index (χ4v) is 2.93. The van der Waals surface area contributed by atoms with Crippen LogP contribution in [0.3, 0.4) is 0 Å². The summed E-state index contributed by atoms with van der Waals surface area (Å²) in [7, 11) is 0. The smallest absolute Gasteiger partial charge is 0.277 e. The first-order valence-electron chi connectivity index (χ1n) is 7.57. The molecule has 2 heterocycles. The molecule has 1 aromatic carbocycles. The summed E-state index contributed by atoms with van der Waals surface area (Å²) in [6.45, 7) is -0.365. The van der Waals surface area contributed by atoms with Gasteiger partial charge in [-0.05, 0) is 24.1 Å². The number of carbonyl (C=O) groups is 1. The van der Waals surface area contributed by atoms with Crippen LogP contribution in [0.25, 0.3) is 0 Å². The molecular formula is C16H16N4O4S. The zero-order valence-corrected chi connectivity index (χ0v) is 13.9. The maximum Gasteiger partial charge on any atom is 0.277 e. The van der Waals surface area contributed by atoms with Gasteiger partial charge >= 0.3 is 0 Å². The lowest BCUT2D eigenvalue weighted by Crippen LogP contribution is -2.12. The lowest BCUT2D eigenvalue weighted by atomic mass is 10.1. The topological polar surface area (TPSA) is 121 Å². The van der Waals surface area contributed by atoms with Crippen molar-refractivity contribution in [3.8, 4) is 0 Å². The van der Waals surface area contributed by atoms with Gasteiger partial charge in [-0.1, -0.05) is 28.6 Å². The average Bonchev–Trinajstić information content (AvgIpc) is 3.32. The number of aryl methyl sites for hydroxylation is 2. The summed E-state index contributed by atoms with van der Waals surface area (Å²) < 4.78 is 4.64. The van der Waals surface area contributed by atoms with E-state index in [0.29, 0.717) is 17.1 Å². The lowest BCUT2D eigenvalue weighted by Gasteiger charge is -2.04. The summed E-state index contributed by atoms with van der Waals surface area (Å²) in [6, 6.07) is 8.96. The molecule has 0 aliphatic rings. The molecule has 1 amide bonds. The number of carbonyl (C=O) groups excluding carboxylic acids is 1. The molecule has 9 heteroatoms. The zero-order valence-electron chi connectivity index (χ0n) is 13.1. The maximum atomic E-state index is 11.9. The number of rotatable bonds is 7. The summed E-state index contributed by atoms with van der Waals surface area (Å²) in [4.78, 5) is 11.9. The number of aliphatic hydroxyl groups excluding tert-OH is 2. The lowest BCUT2D eigenvalue weighted by molar-refractivity contribution is 0.0948. The van der Waals surface area contributed by atoms with Gasteiger partial charge in [-0.15, -0.1) is 10.2 Å². The van der Waals surface area contributed by atoms with Gasteiger partial charge in [0.15, 0.2) is 5.69 Å². The highest BCUT2D eigenvalue weighted by Gasteiger charge is 2.13. The maximum absolute atomic E-state index is 11.9. The molecule has 0 aliphatic carbocycles. The third-order valence-electron chi connectivity index (χ3n) is 3.45. The molecule has 0 bridgehead atoms. The average molecular weight is 360 g/mol. The SMILES string of the molecule is O=C(Nc1ccc(CCc2nnc([C@@H](O)CO)s2)cc1)c1ccon1. The molecule has 3 rings (SSSR count). The van der Waals surface area contributed by atoms with Gasteiger partial charge in [-0.3, -0.25) is 4.79 Å². The highest BCUT2D eigenvalue weighted by molar-refractivity contribution is 7.11. The largest absolute Gasteiger partial charge is 0.393 e. The van der Waals surface area contributed by atoms with E-state index in [2.05, 4.69) is 25.2 Å². The minimum Gasteiger partial charge on any atom is -0.393 e. The van der Waals surface area contributed by atoms with E-state index in [1.54, 1.807) is 0 Å². The Labute approximate surface area is 147 Å². The molecule has 0 saturated carbocycles. The fraction of sp³-hybridized carbons (Fsp3) is 0.250. The van der Waals surface area contributed by atoms with Crippen molar-refractivity contribution in [1.82, 2.24) is 15.4 Å². The predicted octanol–water partition coefficient (Wildman–Crippen LogP) is 1.59. The quantitative estimate of drug-likeness (QED) is 0.585. The number of nitrogens with zero attached hydrogens (tertiary/aromatic N) is 3. The first kappa shape index (κ1) is 17.2. The molecule has 3 aromatic rings. The van der Waals surface area contributed by atoms with Crippen molar-refractivity contribution in [2.75, 3.05) is 11.9 Å². The van der Waals surface area contributed by atoms with E-state index < -0.39 is 6.10 Å². The van der Waals surface area contributed by atoms with Crippen LogP contribution >= 0.6 is 11.3 Å². The van der Waals surface area contributed by atoms with Crippen molar-refractivity contribution in [1.29, 1.82) is 0 Å². The van der Waals surface area contributed by atoms with Crippen molar-refractivity contribution < 1.29 is 19.5 Å². The Kier molecular flexibility index (Phi) is 5.49. The van der Waals surface area contributed by atoms with Crippen molar-refractivity contribution in [3.63, 3.8) is 0 Å². The molecule has 2 aromatic heterocycles. The Morgan fingerprint density at radius 3 is 2.68 bits per heavy atom. The number of aromatic nitrogens is 3. The number of hydrogen-bond donors (Lipinski definition) is 3. The van der Waals surface area contributed by atoms with Crippen molar-refractivity contribution >= 4 is 22.9 Å². The molecular weight excluding hydrogens is 344 g/mol. The highest BCUT2D eigenvalue weighted by Crippen LogP contribution is 2.19. The monoisotopic (exact) mass is 360 g/mol. The van der Waals surface area contributed by atoms with Gasteiger partial charge in [0.25, 0.3) is 5.91 Å². The van der Waals surface area contributed by atoms with Gasteiger partial charge in [0.1, 0.15) is 22.4 Å². The molecule has 0 aliphatic heterocycles. The number of aliphatic hydroxyl groups is 2. The Bertz CT molecular complexity index is 817. The minimum absolute atomic E-state index is 0.223. The van der Waals surface area contributed by atoms with Crippen LogP contribution in [0, 0.1) is 0 Å². The summed E-state index contributed by atoms with van der Waals surface area (Å²) in [6.07, 6.45) is 1.80. The number of anilines is 1. The fourth-order valence-electron chi connectivity index (χ4n) is 2.11. The van der Waals surface area contributed by atoms with Gasteiger partial charge in [-0.2, -0.15) is 0 Å². The summed E-state index contributed by atoms with van der Waals surface area (Å²) in [5.41, 5.74) is 1.97. The minimum atomic E-state index is -0.973. The van der Waals surface area contributed by atoms with Crippen LogP contribution in [0.4, 0.5) is 5.69 Å². The van der Waals surface area contributed by atoms with Crippen LogP contribution in [-0.4, -0.2) is 38.1 Å². The molecule has 0 radical (unpaired) electrons. The van der Waals surface area contributed by atoms with E-state index in [0.717, 1.165) is 17.0 Å². The molecule has 1 atom stereocenters. The van der Waals surface area contributed by atoms with E-state index >= 15 is 0 Å². The highest BCUT2D eigenvalue weighted by atomic mass is 32.1. The van der Waals surface area contributed by atoms with Crippen LogP contribution in [0.2, 0.25) is 0 Å². The Morgan fingerprint density at radius 2 is 2.00 bits per heavy atom. The number of hydrogen-bond acceptors (Lipinski definition) is 8. The molecule has 25 heavy (non-hydrogen) atoms. The van der Waals surface area contributed by atoms with Gasteiger partial charge in [0.05, 0.1) is 6.61 Å². The van der Waals surface area contributed by atoms with Crippen molar-refractivity contribution in [2.24, 2.45) is 0 Å². The molecule has 3 N–H and O–H groups in total. The van der Waals surface area contributed by atoms with E-state index in [1.807, 2.05) is 24.3 Å². The van der Waals surface area contributed by atoms with Gasteiger partial charge in [-0.25, -0.2) is 0 Å². The van der Waals surface area contributed by atoms with Gasteiger partial charge in [0, 0.05) is 18.2 Å². The molecule has 8 nitrogen and oxygen atoms in total. The first-order valence-corrected chi connectivity index (χ1v) is 8.39. The Morgan fingerprint density at radius 1 is 1.20 bits per heavy atom. The molecule has 0 spiro atoms. The number of nitrogens with one attached hydrogen (secondary N) is 1. The van der Waals surface area contributed by atoms with Crippen molar-refractivity contribution in [3.05, 3.63) is 57.9 Å². The standard InChI is InChI=1S/C16H16N4O4S/c21-9-13(22)16-19-18-14(25-16)6-3-10-1-4-11(5-2-10)17-15(23)12-7-8-24-20-12/h1-2,4-5,7-8,13,21-22H,3,6,9H2,(H,17,23)/t13-/m0/s1. The summed E-state index contributed by atoms with van der Waals surface area (Å²) in [5, 5.41) is 33.8. The molecule has 0 saturated heterocycles. The van der Waals surface area contributed by atoms with E-state index in [1.165, 1.54) is 23.7 Å². The summed E-state index contributed by atoms with van der Waals surface area (Å²) in [5.74, 6) is -0.328. The van der Waals surface area contributed by atoms with E-state index in [-0.39, 0.29) is 18.2 Å². The van der Waals surface area contributed by atoms with Crippen LogP contribution in [0.15, 0.2) is 41.1 Å². The van der Waals surface area contributed by atoms with Crippen LogP contribution in [-0.2, 0) is 12.8 Å². The molecule has 130 valence electrons. The Hall–Kier alpha value is -2.62. The first-order chi connectivity index (χ1) is 12.2. The van der Waals surface area contributed by atoms with Crippen LogP contribution in [0.5, 0.6) is 0 Å². The van der Waals surface area contributed by atoms with Gasteiger partial charge in [0.2, 0.25) is 0 Å². The van der Waals surface area contributed by atoms with Crippen molar-refractivity contribution in [2.45, 2.75) is 18.9 Å². The predicted molar refractivity (Wildman–Crippen MR) is 90.3 cm³/mol. The van der Waals surface area contributed by atoms with Crippen LogP contribution in [0.1, 0.15) is 32.2 Å². The normalized spacial score (nSPS) is 12.1. The number of benzene rings is 1. The second-order valence-electron chi connectivity index (χ2n) is 5.27. The van der Waals surface area contributed by atoms with Crippen LogP contribution < -0.4 is 5.32 Å². The number of amides is 1. The third-order valence-corrected chi connectivity index (χ3v) is 4.53. The Balaban J connectivity index is 1.54. The van der Waals surface area contributed by atoms with E-state index in [4.69, 9.17) is 5.11 Å². The third kappa shape index (κ3) is 4.47. The zero-order chi connectivity index (χ0) is 17.6. The molecule has 0 fully saturated rings. The molecule has 0 unspecified atom stereocenters. The van der Waals surface area contributed by atoms with Gasteiger partial charge < -0.3 is 20.1 Å². The van der Waals surface area contributed by atoms with E-state index in [9.17, 15) is 9.90 Å².